The summed E-state index contributed by atoms with van der Waals surface area (Å²) in [5.74, 6) is 0.779. The highest BCUT2D eigenvalue weighted by Crippen LogP contribution is 2.16. The first-order chi connectivity index (χ1) is 6.34. The van der Waals surface area contributed by atoms with Crippen LogP contribution in [0.1, 0.15) is 18.5 Å². The van der Waals surface area contributed by atoms with E-state index in [4.69, 9.17) is 0 Å². The number of piperidine rings is 1. The lowest BCUT2D eigenvalue weighted by atomic mass is 9.95. The fourth-order valence-electron chi connectivity index (χ4n) is 1.85. The summed E-state index contributed by atoms with van der Waals surface area (Å²) in [6, 6.07) is 2.06. The summed E-state index contributed by atoms with van der Waals surface area (Å²) in [6.07, 6.45) is 3.76. The van der Waals surface area contributed by atoms with E-state index in [0.717, 1.165) is 23.5 Å². The van der Waals surface area contributed by atoms with Crippen LogP contribution in [0.15, 0.2) is 10.7 Å². The Morgan fingerprint density at radius 3 is 3.15 bits per heavy atom. The third-order valence-corrected chi connectivity index (χ3v) is 2.91. The maximum Gasteiger partial charge on any atom is 0.128 e. The van der Waals surface area contributed by atoms with Crippen LogP contribution in [0.2, 0.25) is 0 Å². The summed E-state index contributed by atoms with van der Waals surface area (Å²) in [5, 5.41) is 10.5. The Kier molecular flexibility index (Phi) is 3.01. The molecule has 0 saturated carbocycles. The minimum atomic E-state index is 0.779. The number of nitrogens with zero attached hydrogens (tertiary/aromatic N) is 1. The lowest BCUT2D eigenvalue weighted by Gasteiger charge is -2.21. The van der Waals surface area contributed by atoms with Crippen LogP contribution in [0.4, 0.5) is 0 Å². The number of rotatable bonds is 2. The molecule has 2 rings (SSSR count). The highest BCUT2D eigenvalue weighted by molar-refractivity contribution is 9.10. The van der Waals surface area contributed by atoms with E-state index >= 15 is 0 Å². The highest BCUT2D eigenvalue weighted by atomic mass is 79.9. The summed E-state index contributed by atoms with van der Waals surface area (Å²) in [6.45, 7) is 2.33. The van der Waals surface area contributed by atoms with Gasteiger partial charge in [0.1, 0.15) is 4.60 Å². The zero-order valence-corrected chi connectivity index (χ0v) is 9.10. The molecule has 2 heterocycles. The maximum absolute atomic E-state index is 4.05. The van der Waals surface area contributed by atoms with E-state index in [1.54, 1.807) is 0 Å². The van der Waals surface area contributed by atoms with Gasteiger partial charge in [0.25, 0.3) is 0 Å². The zero-order valence-electron chi connectivity index (χ0n) is 7.52. The predicted octanol–water partition coefficient (Wildman–Crippen LogP) is 1.71. The first-order valence-corrected chi connectivity index (χ1v) is 5.54. The van der Waals surface area contributed by atoms with Gasteiger partial charge < -0.3 is 5.32 Å². The van der Waals surface area contributed by atoms with E-state index in [1.807, 2.05) is 0 Å². The molecule has 0 amide bonds. The molecular formula is C9H14BrN3. The van der Waals surface area contributed by atoms with Gasteiger partial charge in [-0.15, -0.1) is 0 Å². The van der Waals surface area contributed by atoms with Crippen molar-refractivity contribution in [2.45, 2.75) is 19.3 Å². The Bertz CT molecular complexity index is 266. The van der Waals surface area contributed by atoms with Gasteiger partial charge in [-0.1, -0.05) is 0 Å². The summed E-state index contributed by atoms with van der Waals surface area (Å²) in [5.41, 5.74) is 1.24. The van der Waals surface area contributed by atoms with Crippen molar-refractivity contribution in [2.24, 2.45) is 5.92 Å². The smallest absolute Gasteiger partial charge is 0.128 e. The predicted molar refractivity (Wildman–Crippen MR) is 55.6 cm³/mol. The lowest BCUT2D eigenvalue weighted by Crippen LogP contribution is -2.30. The summed E-state index contributed by atoms with van der Waals surface area (Å²) in [7, 11) is 0. The van der Waals surface area contributed by atoms with Crippen molar-refractivity contribution in [3.63, 3.8) is 0 Å². The van der Waals surface area contributed by atoms with Crippen molar-refractivity contribution < 1.29 is 0 Å². The quantitative estimate of drug-likeness (QED) is 0.831. The van der Waals surface area contributed by atoms with Gasteiger partial charge in [0, 0.05) is 5.69 Å². The molecule has 1 atom stereocenters. The standard InChI is InChI=1S/C9H14BrN3/c10-9-5-8(12-13-9)4-7-2-1-3-11-6-7/h5,7,11H,1-4,6H2,(H,12,13). The third kappa shape index (κ3) is 2.54. The van der Waals surface area contributed by atoms with E-state index < -0.39 is 0 Å². The van der Waals surface area contributed by atoms with Gasteiger partial charge in [-0.3, -0.25) is 5.10 Å². The van der Waals surface area contributed by atoms with E-state index in [1.165, 1.54) is 25.1 Å². The second kappa shape index (κ2) is 4.24. The van der Waals surface area contributed by atoms with E-state index in [9.17, 15) is 0 Å². The van der Waals surface area contributed by atoms with Gasteiger partial charge >= 0.3 is 0 Å². The number of hydrogen-bond donors (Lipinski definition) is 2. The van der Waals surface area contributed by atoms with Crippen LogP contribution in [-0.4, -0.2) is 23.3 Å². The summed E-state index contributed by atoms with van der Waals surface area (Å²) in [4.78, 5) is 0. The molecule has 0 aromatic carbocycles. The number of aromatic amines is 1. The number of aromatic nitrogens is 2. The minimum Gasteiger partial charge on any atom is -0.316 e. The second-order valence-corrected chi connectivity index (χ2v) is 4.44. The number of halogens is 1. The molecule has 0 radical (unpaired) electrons. The molecule has 0 aliphatic carbocycles. The molecule has 0 bridgehead atoms. The molecule has 72 valence electrons. The van der Waals surface area contributed by atoms with Crippen molar-refractivity contribution in [3.05, 3.63) is 16.4 Å². The minimum absolute atomic E-state index is 0.779. The molecule has 1 fully saturated rings. The van der Waals surface area contributed by atoms with Crippen molar-refractivity contribution in [3.8, 4) is 0 Å². The van der Waals surface area contributed by atoms with Gasteiger partial charge in [0.15, 0.2) is 0 Å². The van der Waals surface area contributed by atoms with E-state index in [-0.39, 0.29) is 0 Å². The molecule has 1 aromatic rings. The van der Waals surface area contributed by atoms with Gasteiger partial charge in [-0.05, 0) is 60.3 Å². The molecule has 3 nitrogen and oxygen atoms in total. The number of nitrogens with one attached hydrogen (secondary N) is 2. The molecule has 1 aromatic heterocycles. The monoisotopic (exact) mass is 243 g/mol. The Hall–Kier alpha value is -0.350. The van der Waals surface area contributed by atoms with Crippen LogP contribution in [0.5, 0.6) is 0 Å². The molecule has 13 heavy (non-hydrogen) atoms. The maximum atomic E-state index is 4.05. The number of hydrogen-bond acceptors (Lipinski definition) is 2. The average Bonchev–Trinajstić information content (AvgIpc) is 2.53. The largest absolute Gasteiger partial charge is 0.316 e. The summed E-state index contributed by atoms with van der Waals surface area (Å²) >= 11 is 3.34. The van der Waals surface area contributed by atoms with Gasteiger partial charge in [0.2, 0.25) is 0 Å². The molecule has 1 saturated heterocycles. The molecule has 1 aliphatic rings. The van der Waals surface area contributed by atoms with E-state index in [2.05, 4.69) is 37.5 Å². The topological polar surface area (TPSA) is 40.7 Å². The van der Waals surface area contributed by atoms with Gasteiger partial charge in [-0.2, -0.15) is 5.10 Å². The molecule has 1 aliphatic heterocycles. The Morgan fingerprint density at radius 2 is 2.54 bits per heavy atom. The Balaban J connectivity index is 1.89. The fourth-order valence-corrected chi connectivity index (χ4v) is 2.21. The zero-order chi connectivity index (χ0) is 9.10. The van der Waals surface area contributed by atoms with Crippen molar-refractivity contribution >= 4 is 15.9 Å². The lowest BCUT2D eigenvalue weighted by molar-refractivity contribution is 0.373. The Labute approximate surface area is 86.4 Å². The molecule has 2 N–H and O–H groups in total. The van der Waals surface area contributed by atoms with Gasteiger partial charge in [0.05, 0.1) is 0 Å². The van der Waals surface area contributed by atoms with Crippen LogP contribution in [-0.2, 0) is 6.42 Å². The normalized spacial score (nSPS) is 23.3. The first kappa shape index (κ1) is 9.21. The first-order valence-electron chi connectivity index (χ1n) is 4.75. The van der Waals surface area contributed by atoms with E-state index in [0.29, 0.717) is 0 Å². The van der Waals surface area contributed by atoms with Crippen LogP contribution < -0.4 is 5.32 Å². The van der Waals surface area contributed by atoms with Gasteiger partial charge in [-0.25, -0.2) is 0 Å². The third-order valence-electron chi connectivity index (χ3n) is 2.51. The molecule has 0 spiro atoms. The molecule has 1 unspecified atom stereocenters. The molecular weight excluding hydrogens is 230 g/mol. The van der Waals surface area contributed by atoms with Crippen molar-refractivity contribution in [1.82, 2.24) is 15.5 Å². The Morgan fingerprint density at radius 1 is 1.62 bits per heavy atom. The van der Waals surface area contributed by atoms with Crippen molar-refractivity contribution in [2.75, 3.05) is 13.1 Å². The van der Waals surface area contributed by atoms with Crippen LogP contribution in [0.3, 0.4) is 0 Å². The SMILES string of the molecule is Brc1cc(CC2CCCNC2)[nH]n1. The number of H-pyrrole nitrogens is 1. The fraction of sp³-hybridized carbons (Fsp3) is 0.667. The highest BCUT2D eigenvalue weighted by Gasteiger charge is 2.14. The van der Waals surface area contributed by atoms with Crippen LogP contribution in [0.25, 0.3) is 0 Å². The molecule has 4 heteroatoms. The van der Waals surface area contributed by atoms with Crippen LogP contribution >= 0.6 is 15.9 Å². The van der Waals surface area contributed by atoms with Crippen LogP contribution in [0, 0.1) is 5.92 Å². The second-order valence-electron chi connectivity index (χ2n) is 3.63. The van der Waals surface area contributed by atoms with Crippen molar-refractivity contribution in [1.29, 1.82) is 0 Å². The average molecular weight is 244 g/mol. The summed E-state index contributed by atoms with van der Waals surface area (Å²) < 4.78 is 0.909.